The van der Waals surface area contributed by atoms with Gasteiger partial charge in [-0.3, -0.25) is 4.79 Å². The predicted molar refractivity (Wildman–Crippen MR) is 123 cm³/mol. The van der Waals surface area contributed by atoms with Crippen molar-refractivity contribution in [2.75, 3.05) is 24.2 Å². The number of hydrogen-bond acceptors (Lipinski definition) is 7. The second-order valence-electron chi connectivity index (χ2n) is 7.31. The molecule has 11 heteroatoms. The summed E-state index contributed by atoms with van der Waals surface area (Å²) in [6.07, 6.45) is 1.77. The van der Waals surface area contributed by atoms with Crippen molar-refractivity contribution in [2.45, 2.75) is 29.9 Å². The standard InChI is InChI=1S/C21H21ClN4O4S2/c1-14-4-7-16(12-18(14)22)23-19(27)13-31-21-25-24-20(30-21)15-5-8-17(9-6-15)32(28,29)26-10-2-3-11-26/h4-9,12H,2-3,10-11,13H2,1H3,(H,23,27). The number of carbonyl (C=O) groups excluding carboxylic acids is 1. The molecular weight excluding hydrogens is 472 g/mol. The molecule has 1 aliphatic heterocycles. The smallest absolute Gasteiger partial charge is 0.277 e. The molecule has 1 fully saturated rings. The quantitative estimate of drug-likeness (QED) is 0.492. The number of rotatable bonds is 7. The van der Waals surface area contributed by atoms with E-state index in [2.05, 4.69) is 15.5 Å². The minimum absolute atomic E-state index is 0.0835. The summed E-state index contributed by atoms with van der Waals surface area (Å²) >= 11 is 7.18. The molecule has 0 bridgehead atoms. The molecular formula is C21H21ClN4O4S2. The van der Waals surface area contributed by atoms with Gasteiger partial charge in [-0.15, -0.1) is 10.2 Å². The highest BCUT2D eigenvalue weighted by atomic mass is 35.5. The van der Waals surface area contributed by atoms with Crippen LogP contribution in [0.4, 0.5) is 5.69 Å². The van der Waals surface area contributed by atoms with Gasteiger partial charge in [-0.1, -0.05) is 29.4 Å². The number of carbonyl (C=O) groups is 1. The molecule has 2 aromatic carbocycles. The molecule has 4 rings (SSSR count). The number of anilines is 1. The molecule has 1 saturated heterocycles. The molecule has 0 radical (unpaired) electrons. The van der Waals surface area contributed by atoms with E-state index in [4.69, 9.17) is 16.0 Å². The highest BCUT2D eigenvalue weighted by molar-refractivity contribution is 7.99. The second kappa shape index (κ2) is 9.62. The number of sulfonamides is 1. The number of nitrogens with one attached hydrogen (secondary N) is 1. The number of benzene rings is 2. The summed E-state index contributed by atoms with van der Waals surface area (Å²) in [4.78, 5) is 12.4. The van der Waals surface area contributed by atoms with E-state index >= 15 is 0 Å². The lowest BCUT2D eigenvalue weighted by Crippen LogP contribution is -2.27. The van der Waals surface area contributed by atoms with Crippen molar-refractivity contribution < 1.29 is 17.6 Å². The Morgan fingerprint density at radius 3 is 2.56 bits per heavy atom. The van der Waals surface area contributed by atoms with E-state index in [-0.39, 0.29) is 27.7 Å². The number of nitrogens with zero attached hydrogens (tertiary/aromatic N) is 3. The lowest BCUT2D eigenvalue weighted by molar-refractivity contribution is -0.113. The van der Waals surface area contributed by atoms with Gasteiger partial charge in [0.05, 0.1) is 10.6 Å². The molecule has 1 aromatic heterocycles. The molecule has 1 aliphatic rings. The molecule has 0 unspecified atom stereocenters. The Hall–Kier alpha value is -2.40. The SMILES string of the molecule is Cc1ccc(NC(=O)CSc2nnc(-c3ccc(S(=O)(=O)N4CCCC4)cc3)o2)cc1Cl. The average Bonchev–Trinajstić information content (AvgIpc) is 3.48. The maximum atomic E-state index is 12.6. The Morgan fingerprint density at radius 2 is 1.88 bits per heavy atom. The van der Waals surface area contributed by atoms with Crippen molar-refractivity contribution in [3.8, 4) is 11.5 Å². The summed E-state index contributed by atoms with van der Waals surface area (Å²) in [5, 5.41) is 11.5. The van der Waals surface area contributed by atoms with Crippen LogP contribution < -0.4 is 5.32 Å². The van der Waals surface area contributed by atoms with Crippen LogP contribution in [0.2, 0.25) is 5.02 Å². The maximum absolute atomic E-state index is 12.6. The predicted octanol–water partition coefficient (Wildman–Crippen LogP) is 4.21. The summed E-state index contributed by atoms with van der Waals surface area (Å²) in [6.45, 7) is 2.99. The third kappa shape index (κ3) is 5.15. The normalized spacial score (nSPS) is 14.6. The number of amides is 1. The Labute approximate surface area is 195 Å². The van der Waals surface area contributed by atoms with E-state index in [1.807, 2.05) is 13.0 Å². The van der Waals surface area contributed by atoms with E-state index in [9.17, 15) is 13.2 Å². The number of hydrogen-bond donors (Lipinski definition) is 1. The van der Waals surface area contributed by atoms with Gasteiger partial charge < -0.3 is 9.73 Å². The van der Waals surface area contributed by atoms with Gasteiger partial charge >= 0.3 is 0 Å². The van der Waals surface area contributed by atoms with Crippen LogP contribution in [0.3, 0.4) is 0 Å². The zero-order valence-electron chi connectivity index (χ0n) is 17.2. The second-order valence-corrected chi connectivity index (χ2v) is 10.6. The Kier molecular flexibility index (Phi) is 6.85. The van der Waals surface area contributed by atoms with Crippen LogP contribution in [0.25, 0.3) is 11.5 Å². The van der Waals surface area contributed by atoms with E-state index in [0.717, 1.165) is 30.2 Å². The third-order valence-corrected chi connectivity index (χ3v) is 8.13. The summed E-state index contributed by atoms with van der Waals surface area (Å²) in [7, 11) is -3.47. The minimum Gasteiger partial charge on any atom is -0.411 e. The highest BCUT2D eigenvalue weighted by Gasteiger charge is 2.27. The van der Waals surface area contributed by atoms with Crippen molar-refractivity contribution in [1.29, 1.82) is 0 Å². The molecule has 0 atom stereocenters. The average molecular weight is 493 g/mol. The molecule has 3 aromatic rings. The first-order chi connectivity index (χ1) is 15.3. The van der Waals surface area contributed by atoms with Crippen LogP contribution in [0.15, 0.2) is 57.0 Å². The highest BCUT2D eigenvalue weighted by Crippen LogP contribution is 2.27. The summed E-state index contributed by atoms with van der Waals surface area (Å²) in [5.41, 5.74) is 2.14. The van der Waals surface area contributed by atoms with Gasteiger partial charge in [0, 0.05) is 29.4 Å². The van der Waals surface area contributed by atoms with Crippen LogP contribution >= 0.6 is 23.4 Å². The molecule has 168 valence electrons. The lowest BCUT2D eigenvalue weighted by Gasteiger charge is -2.15. The molecule has 1 N–H and O–H groups in total. The van der Waals surface area contributed by atoms with Crippen molar-refractivity contribution in [3.05, 3.63) is 53.1 Å². The summed E-state index contributed by atoms with van der Waals surface area (Å²) in [5.74, 6) is 0.106. The van der Waals surface area contributed by atoms with Gasteiger partial charge in [0.15, 0.2) is 0 Å². The Morgan fingerprint density at radius 1 is 1.16 bits per heavy atom. The maximum Gasteiger partial charge on any atom is 0.277 e. The fourth-order valence-electron chi connectivity index (χ4n) is 3.23. The Bertz CT molecular complexity index is 1220. The first-order valence-electron chi connectivity index (χ1n) is 9.96. The Balaban J connectivity index is 1.36. The van der Waals surface area contributed by atoms with Crippen molar-refractivity contribution in [2.24, 2.45) is 0 Å². The zero-order chi connectivity index (χ0) is 22.7. The van der Waals surface area contributed by atoms with Gasteiger partial charge in [-0.05, 0) is 61.7 Å². The topological polar surface area (TPSA) is 105 Å². The third-order valence-electron chi connectivity index (χ3n) is 4.99. The van der Waals surface area contributed by atoms with Gasteiger partial charge in [0.1, 0.15) is 0 Å². The molecule has 0 saturated carbocycles. The van der Waals surface area contributed by atoms with E-state index in [1.165, 1.54) is 4.31 Å². The van der Waals surface area contributed by atoms with E-state index < -0.39 is 10.0 Å². The number of aryl methyl sites for hydroxylation is 1. The summed E-state index contributed by atoms with van der Waals surface area (Å²) < 4.78 is 32.4. The molecule has 0 spiro atoms. The number of aromatic nitrogens is 2. The molecule has 1 amide bonds. The molecule has 2 heterocycles. The van der Waals surface area contributed by atoms with E-state index in [0.29, 0.717) is 29.4 Å². The number of halogens is 1. The molecule has 8 nitrogen and oxygen atoms in total. The minimum atomic E-state index is -3.47. The van der Waals surface area contributed by atoms with Crippen molar-refractivity contribution in [3.63, 3.8) is 0 Å². The van der Waals surface area contributed by atoms with Crippen LogP contribution in [0, 0.1) is 6.92 Å². The fourth-order valence-corrected chi connectivity index (χ4v) is 5.49. The number of thioether (sulfide) groups is 1. The first kappa shape index (κ1) is 22.8. The van der Waals surface area contributed by atoms with Gasteiger partial charge in [-0.2, -0.15) is 4.31 Å². The zero-order valence-corrected chi connectivity index (χ0v) is 19.6. The van der Waals surface area contributed by atoms with Gasteiger partial charge in [0.2, 0.25) is 21.8 Å². The molecule has 32 heavy (non-hydrogen) atoms. The van der Waals surface area contributed by atoms with Crippen molar-refractivity contribution in [1.82, 2.24) is 14.5 Å². The largest absolute Gasteiger partial charge is 0.411 e. The van der Waals surface area contributed by atoms with Crippen LogP contribution in [0.5, 0.6) is 0 Å². The van der Waals surface area contributed by atoms with Crippen LogP contribution in [-0.4, -0.2) is 47.7 Å². The molecule has 0 aliphatic carbocycles. The first-order valence-corrected chi connectivity index (χ1v) is 12.8. The van der Waals surface area contributed by atoms with E-state index in [1.54, 1.807) is 36.4 Å². The van der Waals surface area contributed by atoms with Crippen LogP contribution in [0.1, 0.15) is 18.4 Å². The van der Waals surface area contributed by atoms with Crippen molar-refractivity contribution >= 4 is 45.0 Å². The summed E-state index contributed by atoms with van der Waals surface area (Å²) in [6, 6.07) is 11.7. The van der Waals surface area contributed by atoms with Gasteiger partial charge in [-0.25, -0.2) is 8.42 Å². The lowest BCUT2D eigenvalue weighted by atomic mass is 10.2. The van der Waals surface area contributed by atoms with Gasteiger partial charge in [0.25, 0.3) is 5.22 Å². The monoisotopic (exact) mass is 492 g/mol. The van der Waals surface area contributed by atoms with Crippen LogP contribution in [-0.2, 0) is 14.8 Å². The fraction of sp³-hybridized carbons (Fsp3) is 0.286.